The normalized spacial score (nSPS) is 31.6. The van der Waals surface area contributed by atoms with Crippen LogP contribution in [-0.2, 0) is 5.88 Å². The molecule has 7 heteroatoms. The van der Waals surface area contributed by atoms with Crippen molar-refractivity contribution in [3.63, 3.8) is 0 Å². The number of likely N-dealkylation sites (tertiary alicyclic amines) is 1. The average molecular weight is 244 g/mol. The molecule has 1 aliphatic carbocycles. The molecule has 0 unspecified atom stereocenters. The third kappa shape index (κ3) is 1.36. The zero-order valence-electron chi connectivity index (χ0n) is 8.34. The third-order valence-corrected chi connectivity index (χ3v) is 3.59. The van der Waals surface area contributed by atoms with Crippen molar-refractivity contribution in [3.05, 3.63) is 11.7 Å². The van der Waals surface area contributed by atoms with Crippen LogP contribution in [-0.4, -0.2) is 39.3 Å². The summed E-state index contributed by atoms with van der Waals surface area (Å²) < 4.78 is 4.93. The van der Waals surface area contributed by atoms with Gasteiger partial charge in [0.05, 0.1) is 0 Å². The number of amides is 1. The summed E-state index contributed by atoms with van der Waals surface area (Å²) in [6.45, 7) is 1.16. The number of nitrogens with zero attached hydrogens (tertiary/aromatic N) is 3. The topological polar surface area (TPSA) is 79.5 Å². The highest BCUT2D eigenvalue weighted by molar-refractivity contribution is 6.16. The summed E-state index contributed by atoms with van der Waals surface area (Å²) in [4.78, 5) is 16.3. The minimum Gasteiger partial charge on any atom is -0.465 e. The fourth-order valence-electron chi connectivity index (χ4n) is 2.52. The van der Waals surface area contributed by atoms with E-state index in [1.165, 1.54) is 4.90 Å². The Morgan fingerprint density at radius 1 is 1.56 bits per heavy atom. The van der Waals surface area contributed by atoms with Crippen LogP contribution < -0.4 is 0 Å². The lowest BCUT2D eigenvalue weighted by Crippen LogP contribution is -2.29. The molecule has 2 aliphatic rings. The molecule has 1 aromatic rings. The lowest BCUT2D eigenvalue weighted by molar-refractivity contribution is 0.149. The van der Waals surface area contributed by atoms with Gasteiger partial charge >= 0.3 is 6.09 Å². The molecular weight excluding hydrogens is 234 g/mol. The van der Waals surface area contributed by atoms with Gasteiger partial charge in [0, 0.05) is 19.0 Å². The minimum atomic E-state index is -0.847. The molecule has 6 nitrogen and oxygen atoms in total. The van der Waals surface area contributed by atoms with Gasteiger partial charge in [-0.05, 0) is 11.8 Å². The van der Waals surface area contributed by atoms with E-state index in [1.54, 1.807) is 0 Å². The number of halogens is 1. The van der Waals surface area contributed by atoms with Gasteiger partial charge in [-0.2, -0.15) is 4.98 Å². The quantitative estimate of drug-likeness (QED) is 0.788. The van der Waals surface area contributed by atoms with Crippen molar-refractivity contribution in [1.29, 1.82) is 0 Å². The standard InChI is InChI=1S/C9H10ClN3O3/c10-1-6-11-8(12-16-6)7-4-2-13(9(14)15)3-5(4)7/h4-5,7H,1-3H2,(H,14,15)/t4-,5+,7+. The number of alkyl halides is 1. The molecule has 0 radical (unpaired) electrons. The van der Waals surface area contributed by atoms with Crippen LogP contribution in [0.1, 0.15) is 17.6 Å². The molecule has 0 bridgehead atoms. The van der Waals surface area contributed by atoms with Gasteiger partial charge in [0.1, 0.15) is 5.88 Å². The maximum absolute atomic E-state index is 10.7. The first kappa shape index (κ1) is 9.89. The van der Waals surface area contributed by atoms with Gasteiger partial charge in [0.25, 0.3) is 0 Å². The van der Waals surface area contributed by atoms with E-state index in [9.17, 15) is 4.79 Å². The Morgan fingerprint density at radius 3 is 2.75 bits per heavy atom. The van der Waals surface area contributed by atoms with Crippen LogP contribution in [0, 0.1) is 11.8 Å². The van der Waals surface area contributed by atoms with E-state index in [4.69, 9.17) is 21.2 Å². The van der Waals surface area contributed by atoms with Gasteiger partial charge in [0.15, 0.2) is 5.82 Å². The molecular formula is C9H10ClN3O3. The smallest absolute Gasteiger partial charge is 0.407 e. The van der Waals surface area contributed by atoms with Gasteiger partial charge in [-0.1, -0.05) is 5.16 Å². The molecule has 2 heterocycles. The number of piperidine rings is 1. The summed E-state index contributed by atoms with van der Waals surface area (Å²) in [5.41, 5.74) is 0. The van der Waals surface area contributed by atoms with E-state index in [0.29, 0.717) is 36.6 Å². The van der Waals surface area contributed by atoms with Crippen LogP contribution in [0.4, 0.5) is 4.79 Å². The number of aromatic nitrogens is 2. The number of hydrogen-bond donors (Lipinski definition) is 1. The summed E-state index contributed by atoms with van der Waals surface area (Å²) in [6, 6.07) is 0. The average Bonchev–Trinajstić information content (AvgIpc) is 2.75. The molecule has 86 valence electrons. The first-order valence-electron chi connectivity index (χ1n) is 5.07. The second-order valence-electron chi connectivity index (χ2n) is 4.22. The monoisotopic (exact) mass is 243 g/mol. The lowest BCUT2D eigenvalue weighted by atomic mass is 10.2. The summed E-state index contributed by atoms with van der Waals surface area (Å²) in [5, 5.41) is 12.7. The maximum atomic E-state index is 10.7. The Hall–Kier alpha value is -1.30. The summed E-state index contributed by atoms with van der Waals surface area (Å²) in [7, 11) is 0. The van der Waals surface area contributed by atoms with Crippen molar-refractivity contribution < 1.29 is 14.4 Å². The van der Waals surface area contributed by atoms with Gasteiger partial charge in [0.2, 0.25) is 5.89 Å². The molecule has 3 rings (SSSR count). The van der Waals surface area contributed by atoms with Crippen molar-refractivity contribution in [2.75, 3.05) is 13.1 Å². The van der Waals surface area contributed by atoms with Gasteiger partial charge in [-0.15, -0.1) is 11.6 Å². The van der Waals surface area contributed by atoms with Crippen LogP contribution >= 0.6 is 11.6 Å². The minimum absolute atomic E-state index is 0.219. The Bertz CT molecular complexity index is 423. The molecule has 1 saturated carbocycles. The second kappa shape index (κ2) is 3.35. The van der Waals surface area contributed by atoms with Gasteiger partial charge < -0.3 is 14.5 Å². The Labute approximate surface area is 96.2 Å². The Morgan fingerprint density at radius 2 is 2.25 bits per heavy atom. The summed E-state index contributed by atoms with van der Waals surface area (Å²) >= 11 is 5.57. The first-order valence-corrected chi connectivity index (χ1v) is 5.60. The van der Waals surface area contributed by atoms with Crippen LogP contribution in [0.2, 0.25) is 0 Å². The van der Waals surface area contributed by atoms with Crippen molar-refractivity contribution >= 4 is 17.7 Å². The lowest BCUT2D eigenvalue weighted by Gasteiger charge is -2.14. The number of fused-ring (bicyclic) bond motifs is 1. The van der Waals surface area contributed by atoms with E-state index >= 15 is 0 Å². The second-order valence-corrected chi connectivity index (χ2v) is 4.49. The molecule has 2 fully saturated rings. The Balaban J connectivity index is 1.68. The van der Waals surface area contributed by atoms with Gasteiger partial charge in [-0.3, -0.25) is 0 Å². The van der Waals surface area contributed by atoms with Crippen molar-refractivity contribution in [2.24, 2.45) is 11.8 Å². The van der Waals surface area contributed by atoms with Crippen molar-refractivity contribution in [3.8, 4) is 0 Å². The number of rotatable bonds is 2. The fourth-order valence-corrected chi connectivity index (χ4v) is 2.63. The summed E-state index contributed by atoms with van der Waals surface area (Å²) in [5.74, 6) is 2.30. The van der Waals surface area contributed by atoms with E-state index < -0.39 is 6.09 Å². The molecule has 1 aliphatic heterocycles. The van der Waals surface area contributed by atoms with E-state index in [2.05, 4.69) is 10.1 Å². The van der Waals surface area contributed by atoms with E-state index in [-0.39, 0.29) is 11.8 Å². The van der Waals surface area contributed by atoms with Crippen molar-refractivity contribution in [2.45, 2.75) is 11.8 Å². The molecule has 1 N–H and O–H groups in total. The molecule has 3 atom stereocenters. The zero-order valence-corrected chi connectivity index (χ0v) is 9.09. The molecule has 1 saturated heterocycles. The zero-order chi connectivity index (χ0) is 11.3. The fraction of sp³-hybridized carbons (Fsp3) is 0.667. The molecule has 1 amide bonds. The summed E-state index contributed by atoms with van der Waals surface area (Å²) in [6.07, 6.45) is -0.847. The highest BCUT2D eigenvalue weighted by Gasteiger charge is 2.59. The van der Waals surface area contributed by atoms with E-state index in [0.717, 1.165) is 0 Å². The van der Waals surface area contributed by atoms with Crippen LogP contribution in [0.15, 0.2) is 4.52 Å². The predicted octanol–water partition coefficient (Wildman–Crippen LogP) is 1.13. The highest BCUT2D eigenvalue weighted by Crippen LogP contribution is 2.57. The van der Waals surface area contributed by atoms with Crippen LogP contribution in [0.5, 0.6) is 0 Å². The van der Waals surface area contributed by atoms with Crippen molar-refractivity contribution in [1.82, 2.24) is 15.0 Å². The van der Waals surface area contributed by atoms with Crippen LogP contribution in [0.3, 0.4) is 0 Å². The maximum Gasteiger partial charge on any atom is 0.407 e. The highest BCUT2D eigenvalue weighted by atomic mass is 35.5. The number of hydrogen-bond acceptors (Lipinski definition) is 4. The number of carboxylic acid groups (broad SMARTS) is 1. The molecule has 0 aromatic carbocycles. The Kier molecular flexibility index (Phi) is 2.07. The largest absolute Gasteiger partial charge is 0.465 e. The van der Waals surface area contributed by atoms with Gasteiger partial charge in [-0.25, -0.2) is 4.79 Å². The first-order chi connectivity index (χ1) is 7.70. The third-order valence-electron chi connectivity index (χ3n) is 3.36. The molecule has 0 spiro atoms. The number of carbonyl (C=O) groups is 1. The predicted molar refractivity (Wildman–Crippen MR) is 53.2 cm³/mol. The van der Waals surface area contributed by atoms with Crippen LogP contribution in [0.25, 0.3) is 0 Å². The van der Waals surface area contributed by atoms with E-state index in [1.807, 2.05) is 0 Å². The molecule has 1 aromatic heterocycles. The molecule has 16 heavy (non-hydrogen) atoms. The SMILES string of the molecule is O=C(O)N1C[C@@H]2[C@H](C1)[C@H]2c1noc(CCl)n1.